The first-order valence-corrected chi connectivity index (χ1v) is 18.9. The Balaban J connectivity index is 1.86. The highest BCUT2D eigenvalue weighted by atomic mass is 32.2. The van der Waals surface area contributed by atoms with Gasteiger partial charge in [0, 0.05) is 12.1 Å². The smallest absolute Gasteiger partial charge is 0.316 e. The normalized spacial score (nSPS) is 20.7. The number of carbonyl (C=O) groups excluding carboxylic acids is 5. The van der Waals surface area contributed by atoms with Gasteiger partial charge in [-0.05, 0) is 54.6 Å². The molecule has 10 nitrogen and oxygen atoms in total. The summed E-state index contributed by atoms with van der Waals surface area (Å²) in [6.07, 6.45) is 3.92. The fourth-order valence-electron chi connectivity index (χ4n) is 6.87. The van der Waals surface area contributed by atoms with Crippen LogP contribution in [0.4, 0.5) is 13.6 Å². The van der Waals surface area contributed by atoms with Crippen LogP contribution in [0.1, 0.15) is 105 Å². The van der Waals surface area contributed by atoms with Gasteiger partial charge in [-0.1, -0.05) is 104 Å². The molecule has 1 aliphatic heterocycles. The van der Waals surface area contributed by atoms with Crippen molar-refractivity contribution in [3.63, 3.8) is 0 Å². The number of alkyl halides is 2. The van der Waals surface area contributed by atoms with Gasteiger partial charge in [0.25, 0.3) is 17.6 Å². The van der Waals surface area contributed by atoms with Crippen LogP contribution < -0.4 is 21.7 Å². The number of nitrogens with one attached hydrogen (secondary N) is 3. The number of thioether (sulfide) groups is 1. The Morgan fingerprint density at radius 1 is 0.980 bits per heavy atom. The molecule has 1 heterocycles. The van der Waals surface area contributed by atoms with E-state index in [9.17, 15) is 24.0 Å². The third-order valence-corrected chi connectivity index (χ3v) is 11.2. The van der Waals surface area contributed by atoms with Crippen molar-refractivity contribution in [2.24, 2.45) is 28.9 Å². The highest BCUT2D eigenvalue weighted by molar-refractivity contribution is 8.00. The molecule has 2 fully saturated rings. The standard InChI is InChI=1S/C37H57F2N5O5S/c1-23(2)15-14-20-50-32(28(45)30(40)46)42-31(47)27-21-25(24(3)4)22-44(27)33(48)29(35(5,6)7)41-34(49)43-36(18-12-9-13-19-36)37(38,39)26-16-10-8-11-17-26/h8,10-11,16-17,23-25,27,29,32H,9,12-15,18-22H2,1-7H3,(H2,40,46)(H,42,47)(H2,41,43,49)/t25-,27+,29-,32?/m1/s1. The Labute approximate surface area is 300 Å². The molecular weight excluding hydrogens is 664 g/mol. The topological polar surface area (TPSA) is 151 Å². The van der Waals surface area contributed by atoms with E-state index in [1.54, 1.807) is 39.0 Å². The van der Waals surface area contributed by atoms with Gasteiger partial charge in [0.2, 0.25) is 11.8 Å². The molecule has 1 aromatic rings. The molecule has 1 saturated heterocycles. The van der Waals surface area contributed by atoms with E-state index >= 15 is 8.78 Å². The molecule has 4 atom stereocenters. The van der Waals surface area contributed by atoms with Crippen molar-refractivity contribution in [2.45, 2.75) is 129 Å². The van der Waals surface area contributed by atoms with Gasteiger partial charge in [0.15, 0.2) is 0 Å². The van der Waals surface area contributed by atoms with E-state index < -0.39 is 63.9 Å². The minimum Gasteiger partial charge on any atom is -0.363 e. The Morgan fingerprint density at radius 3 is 2.14 bits per heavy atom. The summed E-state index contributed by atoms with van der Waals surface area (Å²) in [6.45, 7) is 13.6. The van der Waals surface area contributed by atoms with Crippen LogP contribution in [0.5, 0.6) is 0 Å². The summed E-state index contributed by atoms with van der Waals surface area (Å²) in [5.74, 6) is -5.61. The van der Waals surface area contributed by atoms with Crippen molar-refractivity contribution in [2.75, 3.05) is 12.3 Å². The lowest BCUT2D eigenvalue weighted by Gasteiger charge is -2.44. The number of nitrogens with zero attached hydrogens (tertiary/aromatic N) is 1. The highest BCUT2D eigenvalue weighted by Crippen LogP contribution is 2.47. The zero-order valence-electron chi connectivity index (χ0n) is 30.7. The summed E-state index contributed by atoms with van der Waals surface area (Å²) < 4.78 is 32.4. The lowest BCUT2D eigenvalue weighted by molar-refractivity contribution is -0.142. The largest absolute Gasteiger partial charge is 0.363 e. The minimum atomic E-state index is -3.37. The van der Waals surface area contributed by atoms with Gasteiger partial charge < -0.3 is 26.6 Å². The average molecular weight is 722 g/mol. The summed E-state index contributed by atoms with van der Waals surface area (Å²) in [7, 11) is 0. The lowest BCUT2D eigenvalue weighted by Crippen LogP contribution is -2.65. The van der Waals surface area contributed by atoms with Crippen LogP contribution >= 0.6 is 11.8 Å². The number of ketones is 1. The number of rotatable bonds is 15. The Morgan fingerprint density at radius 2 is 1.60 bits per heavy atom. The number of hydrogen-bond acceptors (Lipinski definition) is 6. The van der Waals surface area contributed by atoms with Crippen molar-refractivity contribution >= 4 is 41.3 Å². The van der Waals surface area contributed by atoms with Crippen molar-refractivity contribution in [1.29, 1.82) is 0 Å². The number of hydrogen-bond donors (Lipinski definition) is 4. The van der Waals surface area contributed by atoms with Crippen LogP contribution in [0.3, 0.4) is 0 Å². The number of nitrogens with two attached hydrogens (primary N) is 1. The van der Waals surface area contributed by atoms with Gasteiger partial charge in [-0.3, -0.25) is 19.2 Å². The fraction of sp³-hybridized carbons (Fsp3) is 0.703. The van der Waals surface area contributed by atoms with E-state index in [-0.39, 0.29) is 36.8 Å². The number of Topliss-reactive ketones (excluding diaryl/α,β-unsaturated/α-hetero) is 1. The number of amides is 5. The first-order valence-electron chi connectivity index (χ1n) is 17.9. The monoisotopic (exact) mass is 721 g/mol. The highest BCUT2D eigenvalue weighted by Gasteiger charge is 2.56. The van der Waals surface area contributed by atoms with Crippen LogP contribution in [0.2, 0.25) is 0 Å². The maximum absolute atomic E-state index is 16.2. The first kappa shape index (κ1) is 41.2. The van der Waals surface area contributed by atoms with Crippen LogP contribution in [0, 0.1) is 23.2 Å². The number of benzene rings is 1. The molecule has 3 rings (SSSR count). The molecule has 1 unspecified atom stereocenters. The van der Waals surface area contributed by atoms with Crippen LogP contribution in [0.15, 0.2) is 30.3 Å². The third kappa shape index (κ3) is 10.2. The van der Waals surface area contributed by atoms with Crippen LogP contribution in [0.25, 0.3) is 0 Å². The van der Waals surface area contributed by atoms with Gasteiger partial charge in [-0.2, -0.15) is 8.78 Å². The predicted octanol–water partition coefficient (Wildman–Crippen LogP) is 5.73. The lowest BCUT2D eigenvalue weighted by atomic mass is 9.74. The molecule has 280 valence electrons. The zero-order valence-corrected chi connectivity index (χ0v) is 31.5. The van der Waals surface area contributed by atoms with Gasteiger partial charge in [0.05, 0.1) is 0 Å². The molecule has 13 heteroatoms. The molecule has 50 heavy (non-hydrogen) atoms. The van der Waals surface area contributed by atoms with Gasteiger partial charge in [-0.15, -0.1) is 11.8 Å². The Kier molecular flexibility index (Phi) is 14.3. The second kappa shape index (κ2) is 17.3. The van der Waals surface area contributed by atoms with E-state index in [0.717, 1.165) is 31.0 Å². The van der Waals surface area contributed by atoms with Crippen LogP contribution in [-0.4, -0.2) is 69.7 Å². The van der Waals surface area contributed by atoms with Crippen molar-refractivity contribution in [3.05, 3.63) is 35.9 Å². The van der Waals surface area contributed by atoms with E-state index in [1.165, 1.54) is 17.0 Å². The number of likely N-dealkylation sites (tertiary alicyclic amines) is 1. The second-order valence-electron chi connectivity index (χ2n) is 15.8. The molecule has 5 amide bonds. The third-order valence-electron chi connectivity index (χ3n) is 10.0. The fourth-order valence-corrected chi connectivity index (χ4v) is 7.91. The number of halogens is 2. The summed E-state index contributed by atoms with van der Waals surface area (Å²) >= 11 is 1.13. The Bertz CT molecular complexity index is 1350. The molecule has 1 aliphatic carbocycles. The molecule has 1 saturated carbocycles. The molecule has 1 aromatic carbocycles. The quantitative estimate of drug-likeness (QED) is 0.103. The second-order valence-corrected chi connectivity index (χ2v) is 17.0. The maximum atomic E-state index is 16.2. The van der Waals surface area contributed by atoms with Crippen molar-refractivity contribution < 1.29 is 32.8 Å². The maximum Gasteiger partial charge on any atom is 0.316 e. The van der Waals surface area contributed by atoms with E-state index in [1.807, 2.05) is 13.8 Å². The molecule has 5 N–H and O–H groups in total. The number of primary amides is 1. The number of carbonyl (C=O) groups is 5. The Hall–Kier alpha value is -3.22. The number of urea groups is 1. The van der Waals surface area contributed by atoms with Gasteiger partial charge in [-0.25, -0.2) is 4.79 Å². The van der Waals surface area contributed by atoms with E-state index in [0.29, 0.717) is 30.9 Å². The minimum absolute atomic E-state index is 0.0665. The van der Waals surface area contributed by atoms with Gasteiger partial charge >= 0.3 is 6.03 Å². The summed E-state index contributed by atoms with van der Waals surface area (Å²) in [5.41, 5.74) is 2.40. The first-order chi connectivity index (χ1) is 23.3. The molecule has 0 spiro atoms. The van der Waals surface area contributed by atoms with E-state index in [4.69, 9.17) is 5.73 Å². The molecule has 0 bridgehead atoms. The molecule has 2 aliphatic rings. The molecule has 0 radical (unpaired) electrons. The van der Waals surface area contributed by atoms with Crippen molar-refractivity contribution in [3.8, 4) is 0 Å². The van der Waals surface area contributed by atoms with Crippen LogP contribution in [-0.2, 0) is 25.1 Å². The summed E-state index contributed by atoms with van der Waals surface area (Å²) in [4.78, 5) is 68.0. The van der Waals surface area contributed by atoms with Gasteiger partial charge in [0.1, 0.15) is 23.0 Å². The average Bonchev–Trinajstić information content (AvgIpc) is 3.51. The summed E-state index contributed by atoms with van der Waals surface area (Å²) in [6, 6.07) is 4.39. The zero-order chi connectivity index (χ0) is 37.4. The molecular formula is C37H57F2N5O5S. The molecule has 0 aromatic heterocycles. The summed E-state index contributed by atoms with van der Waals surface area (Å²) in [5, 5.41) is 6.82. The van der Waals surface area contributed by atoms with E-state index in [2.05, 4.69) is 29.8 Å². The van der Waals surface area contributed by atoms with Crippen molar-refractivity contribution in [1.82, 2.24) is 20.9 Å². The predicted molar refractivity (Wildman–Crippen MR) is 192 cm³/mol. The SMILES string of the molecule is CC(C)CCCSC(NC(=O)[C@@H]1C[C@@H](C(C)C)CN1C(=O)[C@@H](NC(=O)NC1(C(F)(F)c2ccccc2)CCCCC1)C(C)(C)C)C(=O)C(N)=O.